The molecule has 0 radical (unpaired) electrons. The zero-order valence-corrected chi connectivity index (χ0v) is 18.1. The Labute approximate surface area is 160 Å². The predicted molar refractivity (Wildman–Crippen MR) is 107 cm³/mol. The van der Waals surface area contributed by atoms with E-state index >= 15 is 0 Å². The van der Waals surface area contributed by atoms with Crippen LogP contribution < -0.4 is 15.7 Å². The Bertz CT molecular complexity index is 711. The van der Waals surface area contributed by atoms with Gasteiger partial charge in [-0.1, -0.05) is 0 Å². The van der Waals surface area contributed by atoms with E-state index in [4.69, 9.17) is 9.31 Å². The largest absolute Gasteiger partial charge is 0.598 e. The summed E-state index contributed by atoms with van der Waals surface area (Å²) in [7, 11) is 1.11. The number of hydrogen-bond donors (Lipinski definition) is 1. The third kappa shape index (κ3) is 4.20. The van der Waals surface area contributed by atoms with Crippen molar-refractivity contribution >= 4 is 23.9 Å². The molecular formula is C18H31BN2O4S. The zero-order chi connectivity index (χ0) is 20.1. The van der Waals surface area contributed by atoms with Gasteiger partial charge in [-0.2, -0.15) is 0 Å². The third-order valence-electron chi connectivity index (χ3n) is 5.11. The predicted octanol–water partition coefficient (Wildman–Crippen LogP) is 1.80. The van der Waals surface area contributed by atoms with Crippen molar-refractivity contribution in [3.05, 3.63) is 28.2 Å². The summed E-state index contributed by atoms with van der Waals surface area (Å²) in [5.74, 6) is 0. The molecule has 1 aliphatic heterocycles. The molecule has 0 spiro atoms. The lowest BCUT2D eigenvalue weighted by Crippen LogP contribution is -2.45. The molecule has 0 saturated carbocycles. The van der Waals surface area contributed by atoms with Crippen LogP contribution in [0.25, 0.3) is 0 Å². The van der Waals surface area contributed by atoms with Crippen LogP contribution in [0.15, 0.2) is 17.1 Å². The Morgan fingerprint density at radius 2 is 1.73 bits per heavy atom. The lowest BCUT2D eigenvalue weighted by molar-refractivity contribution is 0.00578. The van der Waals surface area contributed by atoms with E-state index < -0.39 is 34.4 Å². The van der Waals surface area contributed by atoms with Crippen LogP contribution >= 0.6 is 0 Å². The Balaban J connectivity index is 2.42. The fraction of sp³-hybridized carbons (Fsp3) is 0.722. The third-order valence-corrected chi connectivity index (χ3v) is 6.79. The molecular weight excluding hydrogens is 351 g/mol. The van der Waals surface area contributed by atoms with Crippen LogP contribution in [0.1, 0.15) is 67.0 Å². The van der Waals surface area contributed by atoms with Gasteiger partial charge in [-0.05, 0) is 61.0 Å². The second-order valence-corrected chi connectivity index (χ2v) is 10.9. The van der Waals surface area contributed by atoms with Crippen molar-refractivity contribution in [1.82, 2.24) is 9.29 Å². The maximum atomic E-state index is 12.5. The number of aryl methyl sites for hydroxylation is 1. The first-order chi connectivity index (χ1) is 11.7. The molecule has 2 rings (SSSR count). The summed E-state index contributed by atoms with van der Waals surface area (Å²) in [5.41, 5.74) is 0.430. The van der Waals surface area contributed by atoms with Gasteiger partial charge in [0.15, 0.2) is 0 Å². The van der Waals surface area contributed by atoms with Crippen molar-refractivity contribution in [1.29, 1.82) is 0 Å². The maximum absolute atomic E-state index is 12.5. The monoisotopic (exact) mass is 382 g/mol. The topological polar surface area (TPSA) is 75.5 Å². The summed E-state index contributed by atoms with van der Waals surface area (Å²) >= 11 is -1.26. The SMILES string of the molecule is CC(N[S@@+]([O-])C(C)(C)C)c1cc(=O)n(C)cc1B1OC(C)(C)C(C)(C)O1. The fourth-order valence-corrected chi connectivity index (χ4v) is 3.41. The molecule has 1 fully saturated rings. The van der Waals surface area contributed by atoms with Gasteiger partial charge in [0.1, 0.15) is 4.75 Å². The molecule has 8 heteroatoms. The second-order valence-electron chi connectivity index (χ2n) is 8.94. The number of rotatable bonds is 4. The van der Waals surface area contributed by atoms with Crippen LogP contribution in [-0.2, 0) is 27.7 Å². The van der Waals surface area contributed by atoms with Gasteiger partial charge in [-0.25, -0.2) is 0 Å². The van der Waals surface area contributed by atoms with E-state index in [9.17, 15) is 9.35 Å². The molecule has 1 unspecified atom stereocenters. The van der Waals surface area contributed by atoms with Crippen LogP contribution in [0.5, 0.6) is 0 Å². The highest BCUT2D eigenvalue weighted by molar-refractivity contribution is 7.90. The van der Waals surface area contributed by atoms with E-state index in [1.54, 1.807) is 19.3 Å². The highest BCUT2D eigenvalue weighted by atomic mass is 32.2. The average Bonchev–Trinajstić information content (AvgIpc) is 2.68. The lowest BCUT2D eigenvalue weighted by atomic mass is 9.75. The molecule has 0 aliphatic carbocycles. The second kappa shape index (κ2) is 6.98. The molecule has 0 bridgehead atoms. The molecule has 1 aliphatic rings. The number of hydrogen-bond acceptors (Lipinski definition) is 5. The highest BCUT2D eigenvalue weighted by Gasteiger charge is 2.52. The van der Waals surface area contributed by atoms with Gasteiger partial charge in [-0.15, -0.1) is 4.72 Å². The minimum Gasteiger partial charge on any atom is -0.598 e. The molecule has 146 valence electrons. The van der Waals surface area contributed by atoms with Crippen LogP contribution in [0, 0.1) is 0 Å². The smallest absolute Gasteiger partial charge is 0.496 e. The molecule has 1 aromatic heterocycles. The Kier molecular flexibility index (Phi) is 5.77. The van der Waals surface area contributed by atoms with Crippen molar-refractivity contribution in [3.63, 3.8) is 0 Å². The normalized spacial score (nSPS) is 21.7. The van der Waals surface area contributed by atoms with Crippen LogP contribution in [0.2, 0.25) is 0 Å². The Morgan fingerprint density at radius 3 is 2.19 bits per heavy atom. The Hall–Kier alpha value is -0.795. The first-order valence-electron chi connectivity index (χ1n) is 8.90. The van der Waals surface area contributed by atoms with Crippen molar-refractivity contribution < 1.29 is 13.9 Å². The maximum Gasteiger partial charge on any atom is 0.496 e. The minimum atomic E-state index is -1.26. The number of aromatic nitrogens is 1. The molecule has 2 heterocycles. The van der Waals surface area contributed by atoms with Crippen molar-refractivity contribution in [2.24, 2.45) is 7.05 Å². The van der Waals surface area contributed by atoms with Crippen LogP contribution in [0.3, 0.4) is 0 Å². The van der Waals surface area contributed by atoms with Gasteiger partial charge < -0.3 is 18.4 Å². The molecule has 26 heavy (non-hydrogen) atoms. The van der Waals surface area contributed by atoms with Gasteiger partial charge in [0, 0.05) is 36.1 Å². The summed E-state index contributed by atoms with van der Waals surface area (Å²) in [4.78, 5) is 12.2. The highest BCUT2D eigenvalue weighted by Crippen LogP contribution is 2.37. The molecule has 1 aromatic rings. The van der Waals surface area contributed by atoms with E-state index in [1.165, 1.54) is 4.57 Å². The van der Waals surface area contributed by atoms with Crippen molar-refractivity contribution in [3.8, 4) is 0 Å². The average molecular weight is 382 g/mol. The molecule has 2 atom stereocenters. The molecule has 0 aromatic carbocycles. The van der Waals surface area contributed by atoms with Gasteiger partial charge in [0.05, 0.1) is 17.2 Å². The summed E-state index contributed by atoms with van der Waals surface area (Å²) in [6.07, 6.45) is 1.75. The Morgan fingerprint density at radius 1 is 1.23 bits per heavy atom. The molecule has 0 amide bonds. The van der Waals surface area contributed by atoms with Crippen LogP contribution in [-0.4, -0.2) is 32.2 Å². The van der Waals surface area contributed by atoms with Crippen LogP contribution in [0.4, 0.5) is 0 Å². The lowest BCUT2D eigenvalue weighted by Gasteiger charge is -2.32. The standard InChI is InChI=1S/C18H31BN2O4S/c1-12(20-26(23)16(2,3)4)13-10-15(22)21(9)11-14(13)19-24-17(5,6)18(7,8)25-19/h10-12,20H,1-9H3/t12?,26-/m0/s1. The van der Waals surface area contributed by atoms with E-state index in [0.717, 1.165) is 11.0 Å². The van der Waals surface area contributed by atoms with E-state index in [-0.39, 0.29) is 11.6 Å². The summed E-state index contributed by atoms with van der Waals surface area (Å²) in [5, 5.41) is 0. The quantitative estimate of drug-likeness (QED) is 0.635. The van der Waals surface area contributed by atoms with Crippen molar-refractivity contribution in [2.75, 3.05) is 0 Å². The molecule has 6 nitrogen and oxygen atoms in total. The molecule has 1 saturated heterocycles. The number of nitrogens with one attached hydrogen (secondary N) is 1. The van der Waals surface area contributed by atoms with E-state index in [2.05, 4.69) is 4.72 Å². The number of nitrogens with zero attached hydrogens (tertiary/aromatic N) is 1. The van der Waals surface area contributed by atoms with Gasteiger partial charge in [-0.3, -0.25) is 4.79 Å². The van der Waals surface area contributed by atoms with Gasteiger partial charge in [0.25, 0.3) is 5.56 Å². The summed E-state index contributed by atoms with van der Waals surface area (Å²) in [6, 6.07) is 1.27. The molecule has 1 N–H and O–H groups in total. The summed E-state index contributed by atoms with van der Waals surface area (Å²) in [6.45, 7) is 15.6. The van der Waals surface area contributed by atoms with E-state index in [1.807, 2.05) is 55.4 Å². The summed E-state index contributed by atoms with van der Waals surface area (Å²) < 4.78 is 29.0. The zero-order valence-electron chi connectivity index (χ0n) is 17.3. The first-order valence-corrected chi connectivity index (χ1v) is 10.0. The van der Waals surface area contributed by atoms with Crippen molar-refractivity contribution in [2.45, 2.75) is 77.4 Å². The van der Waals surface area contributed by atoms with Gasteiger partial charge >= 0.3 is 7.12 Å². The number of pyridine rings is 1. The fourth-order valence-electron chi connectivity index (χ4n) is 2.61. The van der Waals surface area contributed by atoms with E-state index in [0.29, 0.717) is 0 Å². The first kappa shape index (κ1) is 21.5. The van der Waals surface area contributed by atoms with Gasteiger partial charge in [0.2, 0.25) is 0 Å². The minimum absolute atomic E-state index is 0.129.